The van der Waals surface area contributed by atoms with E-state index in [1.807, 2.05) is 12.1 Å². The van der Waals surface area contributed by atoms with Crippen molar-refractivity contribution in [2.45, 2.75) is 66.8 Å². The average Bonchev–Trinajstić information content (AvgIpc) is 2.82. The van der Waals surface area contributed by atoms with E-state index >= 15 is 0 Å². The van der Waals surface area contributed by atoms with Crippen LogP contribution in [0.15, 0.2) is 42.6 Å². The highest BCUT2D eigenvalue weighted by atomic mass is 19.1. The maximum atomic E-state index is 13.3. The third kappa shape index (κ3) is 5.41. The number of aryl methyl sites for hydroxylation is 1. The number of allylic oxidation sites excluding steroid dienone is 1. The number of benzene rings is 2. The monoisotopic (exact) mass is 394 g/mol. The minimum atomic E-state index is -0.178. The van der Waals surface area contributed by atoms with E-state index in [9.17, 15) is 4.39 Å². The van der Waals surface area contributed by atoms with Gasteiger partial charge in [0.25, 0.3) is 0 Å². The van der Waals surface area contributed by atoms with E-state index < -0.39 is 0 Å². The van der Waals surface area contributed by atoms with Crippen LogP contribution in [-0.4, -0.2) is 6.54 Å². The first-order valence-electron chi connectivity index (χ1n) is 10.7. The Morgan fingerprint density at radius 1 is 1.14 bits per heavy atom. The molecule has 3 heteroatoms. The first kappa shape index (κ1) is 21.4. The van der Waals surface area contributed by atoms with Crippen LogP contribution < -0.4 is 10.2 Å². The zero-order valence-corrected chi connectivity index (χ0v) is 18.7. The van der Waals surface area contributed by atoms with E-state index in [4.69, 9.17) is 0 Å². The number of rotatable bonds is 5. The Hall–Kier alpha value is -2.29. The standard InChI is InChI=1S/C26H35FN2/c1-18-15-24-23(20(3)25(18)28-19(2)16-26(4,5)6)9-7-8-14-29(24)17-21-10-12-22(27)13-11-21/h10-13,15,28H,2,7-9,14,16-17H2,1,3-6H3. The van der Waals surface area contributed by atoms with E-state index in [1.165, 1.54) is 40.9 Å². The van der Waals surface area contributed by atoms with Gasteiger partial charge in [0, 0.05) is 30.2 Å². The Kier molecular flexibility index (Phi) is 6.36. The minimum absolute atomic E-state index is 0.178. The fourth-order valence-electron chi connectivity index (χ4n) is 4.35. The zero-order chi connectivity index (χ0) is 21.2. The summed E-state index contributed by atoms with van der Waals surface area (Å²) in [5.74, 6) is -0.178. The molecular weight excluding hydrogens is 359 g/mol. The molecule has 156 valence electrons. The molecule has 0 aromatic heterocycles. The fourth-order valence-corrected chi connectivity index (χ4v) is 4.35. The molecule has 1 aliphatic heterocycles. The van der Waals surface area contributed by atoms with E-state index in [2.05, 4.69) is 57.5 Å². The molecule has 0 unspecified atom stereocenters. The molecule has 0 saturated heterocycles. The zero-order valence-electron chi connectivity index (χ0n) is 18.7. The first-order chi connectivity index (χ1) is 13.6. The molecule has 29 heavy (non-hydrogen) atoms. The quantitative estimate of drug-likeness (QED) is 0.579. The summed E-state index contributed by atoms with van der Waals surface area (Å²) in [5, 5.41) is 3.62. The van der Waals surface area contributed by atoms with Crippen LogP contribution in [0.3, 0.4) is 0 Å². The van der Waals surface area contributed by atoms with Gasteiger partial charge >= 0.3 is 0 Å². The van der Waals surface area contributed by atoms with Crippen molar-refractivity contribution in [1.82, 2.24) is 0 Å². The molecule has 1 aliphatic rings. The molecule has 0 bridgehead atoms. The summed E-state index contributed by atoms with van der Waals surface area (Å²) < 4.78 is 13.3. The molecule has 0 fully saturated rings. The fraction of sp³-hybridized carbons (Fsp3) is 0.462. The van der Waals surface area contributed by atoms with Gasteiger partial charge < -0.3 is 10.2 Å². The van der Waals surface area contributed by atoms with Crippen molar-refractivity contribution >= 4 is 11.4 Å². The minimum Gasteiger partial charge on any atom is -0.367 e. The molecule has 3 rings (SSSR count). The summed E-state index contributed by atoms with van der Waals surface area (Å²) in [6, 6.07) is 9.22. The second-order valence-electron chi connectivity index (χ2n) is 9.66. The van der Waals surface area contributed by atoms with Crippen molar-refractivity contribution in [2.24, 2.45) is 5.41 Å². The lowest BCUT2D eigenvalue weighted by Gasteiger charge is -2.29. The van der Waals surface area contributed by atoms with Crippen molar-refractivity contribution in [3.8, 4) is 0 Å². The number of nitrogens with one attached hydrogen (secondary N) is 1. The van der Waals surface area contributed by atoms with Crippen LogP contribution in [0.2, 0.25) is 0 Å². The van der Waals surface area contributed by atoms with Crippen LogP contribution in [0, 0.1) is 25.1 Å². The molecule has 0 aliphatic carbocycles. The molecule has 0 saturated carbocycles. The van der Waals surface area contributed by atoms with Crippen molar-refractivity contribution in [3.63, 3.8) is 0 Å². The Morgan fingerprint density at radius 2 is 1.83 bits per heavy atom. The van der Waals surface area contributed by atoms with Gasteiger partial charge in [-0.05, 0) is 85.4 Å². The van der Waals surface area contributed by atoms with Crippen LogP contribution >= 0.6 is 0 Å². The van der Waals surface area contributed by atoms with Crippen molar-refractivity contribution in [2.75, 3.05) is 16.8 Å². The summed E-state index contributed by atoms with van der Waals surface area (Å²) in [4.78, 5) is 2.46. The maximum absolute atomic E-state index is 13.3. The number of hydrogen-bond acceptors (Lipinski definition) is 2. The molecule has 2 aromatic rings. The smallest absolute Gasteiger partial charge is 0.123 e. The van der Waals surface area contributed by atoms with Gasteiger partial charge in [-0.2, -0.15) is 0 Å². The molecule has 0 spiro atoms. The number of fused-ring (bicyclic) bond motifs is 1. The third-order valence-corrected chi connectivity index (χ3v) is 5.66. The van der Waals surface area contributed by atoms with Gasteiger partial charge in [-0.1, -0.05) is 39.5 Å². The van der Waals surface area contributed by atoms with E-state index in [-0.39, 0.29) is 11.2 Å². The Labute approximate surface area is 175 Å². The van der Waals surface area contributed by atoms with Crippen LogP contribution in [0.1, 0.15) is 62.3 Å². The van der Waals surface area contributed by atoms with E-state index in [0.717, 1.165) is 37.2 Å². The second kappa shape index (κ2) is 8.61. The number of anilines is 2. The molecular formula is C26H35FN2. The summed E-state index contributed by atoms with van der Waals surface area (Å²) in [5.41, 5.74) is 8.99. The molecule has 0 atom stereocenters. The Balaban J connectivity index is 1.91. The van der Waals surface area contributed by atoms with Gasteiger partial charge in [0.15, 0.2) is 0 Å². The summed E-state index contributed by atoms with van der Waals surface area (Å²) >= 11 is 0. The van der Waals surface area contributed by atoms with Gasteiger partial charge in [-0.15, -0.1) is 0 Å². The summed E-state index contributed by atoms with van der Waals surface area (Å²) in [7, 11) is 0. The Morgan fingerprint density at radius 3 is 2.48 bits per heavy atom. The topological polar surface area (TPSA) is 15.3 Å². The summed E-state index contributed by atoms with van der Waals surface area (Å²) in [6.07, 6.45) is 4.41. The van der Waals surface area contributed by atoms with Gasteiger partial charge in [0.2, 0.25) is 0 Å². The number of nitrogens with zero attached hydrogens (tertiary/aromatic N) is 1. The highest BCUT2D eigenvalue weighted by Gasteiger charge is 2.21. The second-order valence-corrected chi connectivity index (χ2v) is 9.66. The third-order valence-electron chi connectivity index (χ3n) is 5.66. The van der Waals surface area contributed by atoms with Crippen LogP contribution in [0.5, 0.6) is 0 Å². The van der Waals surface area contributed by atoms with E-state index in [0.29, 0.717) is 0 Å². The predicted molar refractivity (Wildman–Crippen MR) is 123 cm³/mol. The van der Waals surface area contributed by atoms with Gasteiger partial charge in [-0.25, -0.2) is 4.39 Å². The number of hydrogen-bond donors (Lipinski definition) is 1. The van der Waals surface area contributed by atoms with Gasteiger partial charge in [0.1, 0.15) is 5.82 Å². The van der Waals surface area contributed by atoms with Gasteiger partial charge in [0.05, 0.1) is 0 Å². The molecule has 0 radical (unpaired) electrons. The van der Waals surface area contributed by atoms with Crippen molar-refractivity contribution in [3.05, 3.63) is 70.7 Å². The van der Waals surface area contributed by atoms with Crippen LogP contribution in [0.25, 0.3) is 0 Å². The largest absolute Gasteiger partial charge is 0.367 e. The average molecular weight is 395 g/mol. The SMILES string of the molecule is C=C(CC(C)(C)C)Nc1c(C)cc2c(c1C)CCCCN2Cc1ccc(F)cc1. The highest BCUT2D eigenvalue weighted by Crippen LogP contribution is 2.37. The molecule has 2 nitrogen and oxygen atoms in total. The van der Waals surface area contributed by atoms with Crippen molar-refractivity contribution < 1.29 is 4.39 Å². The lowest BCUT2D eigenvalue weighted by atomic mass is 9.90. The van der Waals surface area contributed by atoms with E-state index in [1.54, 1.807) is 12.1 Å². The molecule has 2 aromatic carbocycles. The Bertz CT molecular complexity index is 875. The summed E-state index contributed by atoms with van der Waals surface area (Å²) in [6.45, 7) is 17.3. The molecule has 0 amide bonds. The predicted octanol–water partition coefficient (Wildman–Crippen LogP) is 7.15. The molecule has 1 N–H and O–H groups in total. The lowest BCUT2D eigenvalue weighted by molar-refractivity contribution is 0.411. The normalized spacial score (nSPS) is 14.3. The van der Waals surface area contributed by atoms with Crippen LogP contribution in [-0.2, 0) is 13.0 Å². The maximum Gasteiger partial charge on any atom is 0.123 e. The lowest BCUT2D eigenvalue weighted by Crippen LogP contribution is -2.24. The van der Waals surface area contributed by atoms with Gasteiger partial charge in [-0.3, -0.25) is 0 Å². The highest BCUT2D eigenvalue weighted by molar-refractivity contribution is 5.71. The van der Waals surface area contributed by atoms with Crippen LogP contribution in [0.4, 0.5) is 15.8 Å². The number of halogens is 1. The first-order valence-corrected chi connectivity index (χ1v) is 10.7. The molecule has 1 heterocycles. The van der Waals surface area contributed by atoms with Crippen molar-refractivity contribution in [1.29, 1.82) is 0 Å².